The second-order valence-corrected chi connectivity index (χ2v) is 11.3. The number of fused-ring (bicyclic) bond motifs is 6. The van der Waals surface area contributed by atoms with Gasteiger partial charge >= 0.3 is 0 Å². The van der Waals surface area contributed by atoms with Crippen molar-refractivity contribution >= 4 is 0 Å². The quantitative estimate of drug-likeness (QED) is 0.616. The van der Waals surface area contributed by atoms with Gasteiger partial charge in [-0.05, 0) is 112 Å². The summed E-state index contributed by atoms with van der Waals surface area (Å²) < 4.78 is 0. The molecule has 0 heterocycles. The second-order valence-electron chi connectivity index (χ2n) is 11.3. The topological polar surface area (TPSA) is 0 Å². The molecule has 0 nitrogen and oxygen atoms in total. The summed E-state index contributed by atoms with van der Waals surface area (Å²) in [7, 11) is 0. The molecule has 11 fully saturated rings. The Labute approximate surface area is 112 Å². The third-order valence-corrected chi connectivity index (χ3v) is 13.7. The molecule has 5 spiro atoms. The van der Waals surface area contributed by atoms with Crippen LogP contribution in [0.1, 0.15) is 25.7 Å². The van der Waals surface area contributed by atoms with Gasteiger partial charge in [-0.25, -0.2) is 0 Å². The van der Waals surface area contributed by atoms with E-state index < -0.39 is 0 Å². The average Bonchev–Trinajstić information content (AvgIpc) is 3.11. The van der Waals surface area contributed by atoms with E-state index in [9.17, 15) is 0 Å². The Hall–Kier alpha value is 0. The first-order valence-corrected chi connectivity index (χ1v) is 9.39. The lowest BCUT2D eigenvalue weighted by atomic mass is 8.88. The molecule has 0 aromatic carbocycles. The van der Waals surface area contributed by atoms with Crippen molar-refractivity contribution in [3.05, 3.63) is 0 Å². The normalized spacial score (nSPS) is 112. The lowest BCUT2D eigenvalue weighted by molar-refractivity contribution is -0.698. The van der Waals surface area contributed by atoms with Crippen LogP contribution < -0.4 is 0 Å². The van der Waals surface area contributed by atoms with Crippen molar-refractivity contribution in [2.75, 3.05) is 0 Å². The molecule has 11 rings (SSSR count). The third-order valence-electron chi connectivity index (χ3n) is 13.7. The molecule has 0 N–H and O–H groups in total. The fourth-order valence-electron chi connectivity index (χ4n) is 15.2. The first kappa shape index (κ1) is 7.32. The monoisotopic (exact) mass is 246 g/mol. The molecule has 0 radical (unpaired) electrons. The molecule has 15 atom stereocenters. The maximum atomic E-state index is 1.75. The van der Waals surface area contributed by atoms with Crippen LogP contribution >= 0.6 is 0 Å². The first-order valence-electron chi connectivity index (χ1n) is 9.39. The molecule has 0 heteroatoms. The van der Waals surface area contributed by atoms with Gasteiger partial charge < -0.3 is 0 Å². The zero-order valence-corrected chi connectivity index (χ0v) is 11.1. The zero-order chi connectivity index (χ0) is 11.1. The summed E-state index contributed by atoms with van der Waals surface area (Å²) in [6.07, 6.45) is 6.91. The van der Waals surface area contributed by atoms with Crippen molar-refractivity contribution < 1.29 is 0 Å². The van der Waals surface area contributed by atoms with Crippen molar-refractivity contribution in [2.45, 2.75) is 25.7 Å². The lowest BCUT2D eigenvalue weighted by Crippen LogP contribution is -3.13. The second kappa shape index (κ2) is 1.27. The van der Waals surface area contributed by atoms with E-state index in [0.29, 0.717) is 0 Å². The Morgan fingerprint density at radius 2 is 1.37 bits per heavy atom. The van der Waals surface area contributed by atoms with E-state index in [0.717, 1.165) is 27.1 Å². The standard InChI is InChI=1S/C19H18/c1-5-2-7-12-14-9-4-15(9)10-3-8-13-11-6(1)16(5,7)18(11,12)19(13,14)17(8,10)15/h5-14H,1-4H2. The first-order chi connectivity index (χ1) is 9.39. The van der Waals surface area contributed by atoms with Crippen LogP contribution in [0.15, 0.2) is 0 Å². The molecule has 11 aliphatic rings. The maximum Gasteiger partial charge on any atom is -0.00938 e. The van der Waals surface area contributed by atoms with Crippen LogP contribution in [0.2, 0.25) is 0 Å². The van der Waals surface area contributed by atoms with Crippen molar-refractivity contribution in [1.29, 1.82) is 0 Å². The predicted molar refractivity (Wildman–Crippen MR) is 65.5 cm³/mol. The van der Waals surface area contributed by atoms with Crippen molar-refractivity contribution in [3.63, 3.8) is 0 Å². The smallest absolute Gasteiger partial charge is 0.00938 e. The predicted octanol–water partition coefficient (Wildman–Crippen LogP) is 2.79. The lowest BCUT2D eigenvalue weighted by Gasteiger charge is -3.16. The fourth-order valence-corrected chi connectivity index (χ4v) is 15.2. The summed E-state index contributed by atoms with van der Waals surface area (Å²) in [6.45, 7) is 0. The van der Waals surface area contributed by atoms with Crippen LogP contribution in [-0.2, 0) is 0 Å². The Morgan fingerprint density at radius 1 is 0.632 bits per heavy atom. The van der Waals surface area contributed by atoms with E-state index >= 15 is 0 Å². The molecule has 0 aromatic heterocycles. The summed E-state index contributed by atoms with van der Waals surface area (Å²) in [4.78, 5) is 0. The minimum Gasteiger partial charge on any atom is -0.0461 e. The van der Waals surface area contributed by atoms with Crippen LogP contribution in [0.4, 0.5) is 0 Å². The highest BCUT2D eigenvalue weighted by atomic mass is 15.3. The fraction of sp³-hybridized carbons (Fsp3) is 1.00. The molecule has 0 aromatic rings. The number of hydrogen-bond acceptors (Lipinski definition) is 0. The Bertz CT molecular complexity index is 768. The molecule has 0 aliphatic heterocycles. The summed E-state index contributed by atoms with van der Waals surface area (Å²) in [5.41, 5.74) is 5.43. The van der Waals surface area contributed by atoms with Crippen LogP contribution in [-0.4, -0.2) is 0 Å². The van der Waals surface area contributed by atoms with E-state index in [4.69, 9.17) is 0 Å². The van der Waals surface area contributed by atoms with E-state index in [1.54, 1.807) is 25.7 Å². The van der Waals surface area contributed by atoms with Gasteiger partial charge in [-0.3, -0.25) is 0 Å². The Kier molecular flexibility index (Phi) is 0.489. The van der Waals surface area contributed by atoms with Gasteiger partial charge in [0.25, 0.3) is 0 Å². The molecule has 19 heavy (non-hydrogen) atoms. The maximum absolute atomic E-state index is 1.75. The van der Waals surface area contributed by atoms with Gasteiger partial charge in [0.1, 0.15) is 0 Å². The highest BCUT2D eigenvalue weighted by Gasteiger charge is 3.25. The Morgan fingerprint density at radius 3 is 2.16 bits per heavy atom. The van der Waals surface area contributed by atoms with Crippen molar-refractivity contribution in [2.24, 2.45) is 86.3 Å². The van der Waals surface area contributed by atoms with Crippen LogP contribution in [0.5, 0.6) is 0 Å². The van der Waals surface area contributed by atoms with E-state index in [2.05, 4.69) is 0 Å². The largest absolute Gasteiger partial charge is 0.0461 e. The summed E-state index contributed by atoms with van der Waals surface area (Å²) in [5, 5.41) is 0. The molecule has 0 amide bonds. The minimum absolute atomic E-state index is 1.07. The van der Waals surface area contributed by atoms with Gasteiger partial charge in [0.2, 0.25) is 0 Å². The van der Waals surface area contributed by atoms with Crippen molar-refractivity contribution in [1.82, 2.24) is 0 Å². The molecular formula is C19H18. The van der Waals surface area contributed by atoms with Crippen LogP contribution in [0, 0.1) is 86.3 Å². The summed E-state index contributed by atoms with van der Waals surface area (Å²) in [6, 6.07) is 0. The number of hydrogen-bond donors (Lipinski definition) is 0. The summed E-state index contributed by atoms with van der Waals surface area (Å²) >= 11 is 0. The zero-order valence-electron chi connectivity index (χ0n) is 11.1. The molecule has 11 saturated carbocycles. The van der Waals surface area contributed by atoms with E-state index in [-0.39, 0.29) is 0 Å². The molecule has 94 valence electrons. The molecule has 15 unspecified atom stereocenters. The summed E-state index contributed by atoms with van der Waals surface area (Å²) in [5.74, 6) is 13.2. The van der Waals surface area contributed by atoms with Gasteiger partial charge in [-0.2, -0.15) is 0 Å². The Balaban J connectivity index is 1.35. The van der Waals surface area contributed by atoms with Gasteiger partial charge in [0, 0.05) is 0 Å². The van der Waals surface area contributed by atoms with Gasteiger partial charge in [-0.1, -0.05) is 0 Å². The van der Waals surface area contributed by atoms with Crippen molar-refractivity contribution in [3.8, 4) is 0 Å². The number of rotatable bonds is 0. The van der Waals surface area contributed by atoms with Gasteiger partial charge in [0.05, 0.1) is 0 Å². The molecule has 0 saturated heterocycles. The highest BCUT2D eigenvalue weighted by Crippen LogP contribution is 3.28. The average molecular weight is 246 g/mol. The minimum atomic E-state index is 1.07. The molecule has 11 aliphatic carbocycles. The molecular weight excluding hydrogens is 228 g/mol. The SMILES string of the molecule is C1C2CC3C4C5C6CC7C89CC8C8C%10C1C23C%104C85C679. The van der Waals surface area contributed by atoms with Gasteiger partial charge in [0.15, 0.2) is 0 Å². The van der Waals surface area contributed by atoms with Crippen LogP contribution in [0.25, 0.3) is 0 Å². The third kappa shape index (κ3) is 0.238. The highest BCUT2D eigenvalue weighted by molar-refractivity contribution is 5.71. The van der Waals surface area contributed by atoms with E-state index in [1.807, 2.05) is 0 Å². The molecule has 0 bridgehead atoms. The van der Waals surface area contributed by atoms with Crippen LogP contribution in [0.3, 0.4) is 0 Å². The van der Waals surface area contributed by atoms with E-state index in [1.165, 1.54) is 59.2 Å². The van der Waals surface area contributed by atoms with Gasteiger partial charge in [-0.15, -0.1) is 0 Å².